The van der Waals surface area contributed by atoms with Crippen LogP contribution in [-0.4, -0.2) is 11.1 Å². The van der Waals surface area contributed by atoms with Gasteiger partial charge in [0.15, 0.2) is 0 Å². The van der Waals surface area contributed by atoms with Gasteiger partial charge in [0.1, 0.15) is 0 Å². The zero-order valence-electron chi connectivity index (χ0n) is 10.3. The van der Waals surface area contributed by atoms with Gasteiger partial charge >= 0.3 is 0 Å². The molecule has 0 aliphatic carbocycles. The smallest absolute Gasteiger partial charge is 0.0480 e. The molecule has 86 valence electrons. The Bertz CT molecular complexity index is 469. The van der Waals surface area contributed by atoms with Crippen molar-refractivity contribution in [2.24, 2.45) is 13.0 Å². The zero-order chi connectivity index (χ0) is 11.5. The van der Waals surface area contributed by atoms with Crippen molar-refractivity contribution in [2.75, 3.05) is 6.54 Å². The fourth-order valence-corrected chi connectivity index (χ4v) is 1.92. The van der Waals surface area contributed by atoms with Gasteiger partial charge in [0.05, 0.1) is 0 Å². The summed E-state index contributed by atoms with van der Waals surface area (Å²) in [5.41, 5.74) is 2.67. The highest BCUT2D eigenvalue weighted by Crippen LogP contribution is 2.16. The lowest BCUT2D eigenvalue weighted by atomic mass is 10.1. The summed E-state index contributed by atoms with van der Waals surface area (Å²) in [6, 6.07) is 8.82. The number of aryl methyl sites for hydroxylation is 1. The van der Waals surface area contributed by atoms with Crippen LogP contribution in [-0.2, 0) is 13.6 Å². The number of aromatic nitrogens is 1. The molecule has 0 saturated carbocycles. The Labute approximate surface area is 97.3 Å². The van der Waals surface area contributed by atoms with E-state index in [0.717, 1.165) is 13.1 Å². The number of fused-ring (bicyclic) bond motifs is 1. The van der Waals surface area contributed by atoms with E-state index in [9.17, 15) is 0 Å². The summed E-state index contributed by atoms with van der Waals surface area (Å²) in [5, 5.41) is 4.78. The molecule has 2 aromatic rings. The van der Waals surface area contributed by atoms with E-state index in [1.54, 1.807) is 0 Å². The van der Waals surface area contributed by atoms with Crippen LogP contribution in [0.15, 0.2) is 30.5 Å². The maximum absolute atomic E-state index is 3.47. The van der Waals surface area contributed by atoms with Gasteiger partial charge < -0.3 is 9.88 Å². The fourth-order valence-electron chi connectivity index (χ4n) is 1.92. The van der Waals surface area contributed by atoms with E-state index < -0.39 is 0 Å². The van der Waals surface area contributed by atoms with Crippen molar-refractivity contribution < 1.29 is 0 Å². The molecule has 0 amide bonds. The van der Waals surface area contributed by atoms with Crippen molar-refractivity contribution >= 4 is 10.9 Å². The molecule has 0 aliphatic heterocycles. The molecule has 1 N–H and O–H groups in total. The van der Waals surface area contributed by atoms with Crippen LogP contribution >= 0.6 is 0 Å². The lowest BCUT2D eigenvalue weighted by Crippen LogP contribution is -2.18. The SMILES string of the molecule is CC(C)CNCc1ccc2ccn(C)c2c1. The van der Waals surface area contributed by atoms with E-state index in [-0.39, 0.29) is 0 Å². The molecule has 0 radical (unpaired) electrons. The van der Waals surface area contributed by atoms with Crippen LogP contribution in [0.2, 0.25) is 0 Å². The predicted octanol–water partition coefficient (Wildman–Crippen LogP) is 2.92. The first-order valence-electron chi connectivity index (χ1n) is 5.91. The van der Waals surface area contributed by atoms with Gasteiger partial charge in [-0.05, 0) is 35.5 Å². The summed E-state index contributed by atoms with van der Waals surface area (Å²) in [4.78, 5) is 0. The van der Waals surface area contributed by atoms with Crippen molar-refractivity contribution in [2.45, 2.75) is 20.4 Å². The molecule has 2 nitrogen and oxygen atoms in total. The van der Waals surface area contributed by atoms with E-state index >= 15 is 0 Å². The van der Waals surface area contributed by atoms with Crippen LogP contribution in [0.25, 0.3) is 10.9 Å². The van der Waals surface area contributed by atoms with Crippen LogP contribution < -0.4 is 5.32 Å². The fraction of sp³-hybridized carbons (Fsp3) is 0.429. The maximum atomic E-state index is 3.47. The van der Waals surface area contributed by atoms with Crippen molar-refractivity contribution in [1.82, 2.24) is 9.88 Å². The highest BCUT2D eigenvalue weighted by atomic mass is 14.9. The minimum Gasteiger partial charge on any atom is -0.351 e. The molecular formula is C14H20N2. The first-order chi connectivity index (χ1) is 7.66. The largest absolute Gasteiger partial charge is 0.351 e. The van der Waals surface area contributed by atoms with Gasteiger partial charge in [0.25, 0.3) is 0 Å². The van der Waals surface area contributed by atoms with Crippen LogP contribution in [0.1, 0.15) is 19.4 Å². The molecule has 0 spiro atoms. The van der Waals surface area contributed by atoms with Gasteiger partial charge in [-0.15, -0.1) is 0 Å². The third-order valence-corrected chi connectivity index (χ3v) is 2.83. The summed E-state index contributed by atoms with van der Waals surface area (Å²) in [5.74, 6) is 0.707. The summed E-state index contributed by atoms with van der Waals surface area (Å²) in [6.45, 7) is 6.49. The highest BCUT2D eigenvalue weighted by molar-refractivity contribution is 5.80. The molecule has 0 unspecified atom stereocenters. The Morgan fingerprint density at radius 3 is 2.81 bits per heavy atom. The monoisotopic (exact) mass is 216 g/mol. The minimum absolute atomic E-state index is 0.707. The number of benzene rings is 1. The summed E-state index contributed by atoms with van der Waals surface area (Å²) >= 11 is 0. The predicted molar refractivity (Wildman–Crippen MR) is 69.5 cm³/mol. The Kier molecular flexibility index (Phi) is 3.30. The number of nitrogens with zero attached hydrogens (tertiary/aromatic N) is 1. The Balaban J connectivity index is 2.10. The third-order valence-electron chi connectivity index (χ3n) is 2.83. The van der Waals surface area contributed by atoms with E-state index in [1.165, 1.54) is 16.5 Å². The minimum atomic E-state index is 0.707. The molecule has 2 rings (SSSR count). The number of hydrogen-bond acceptors (Lipinski definition) is 1. The number of rotatable bonds is 4. The molecule has 2 heteroatoms. The van der Waals surface area contributed by atoms with Crippen molar-refractivity contribution in [3.05, 3.63) is 36.0 Å². The second-order valence-corrected chi connectivity index (χ2v) is 4.84. The van der Waals surface area contributed by atoms with Crippen molar-refractivity contribution in [3.63, 3.8) is 0 Å². The second kappa shape index (κ2) is 4.71. The van der Waals surface area contributed by atoms with Crippen molar-refractivity contribution in [1.29, 1.82) is 0 Å². The molecule has 0 fully saturated rings. The Morgan fingerprint density at radius 2 is 2.06 bits per heavy atom. The van der Waals surface area contributed by atoms with E-state index in [1.807, 2.05) is 0 Å². The van der Waals surface area contributed by atoms with Crippen molar-refractivity contribution in [3.8, 4) is 0 Å². The molecule has 0 aliphatic rings. The first-order valence-corrected chi connectivity index (χ1v) is 5.91. The highest BCUT2D eigenvalue weighted by Gasteiger charge is 2.00. The van der Waals surface area contributed by atoms with Crippen LogP contribution in [0.4, 0.5) is 0 Å². The lowest BCUT2D eigenvalue weighted by Gasteiger charge is -2.08. The summed E-state index contributed by atoms with van der Waals surface area (Å²) in [7, 11) is 2.09. The topological polar surface area (TPSA) is 17.0 Å². The van der Waals surface area contributed by atoms with Crippen LogP contribution in [0.5, 0.6) is 0 Å². The van der Waals surface area contributed by atoms with Gasteiger partial charge in [-0.1, -0.05) is 26.0 Å². The summed E-state index contributed by atoms with van der Waals surface area (Å²) in [6.07, 6.45) is 2.11. The Hall–Kier alpha value is -1.28. The van der Waals surface area contributed by atoms with Gasteiger partial charge in [0.2, 0.25) is 0 Å². The molecule has 1 heterocycles. The molecular weight excluding hydrogens is 196 g/mol. The molecule has 1 aromatic carbocycles. The Morgan fingerprint density at radius 1 is 1.25 bits per heavy atom. The van der Waals surface area contributed by atoms with Gasteiger partial charge in [-0.3, -0.25) is 0 Å². The number of nitrogens with one attached hydrogen (secondary N) is 1. The molecule has 0 saturated heterocycles. The molecule has 0 bridgehead atoms. The number of hydrogen-bond donors (Lipinski definition) is 1. The first kappa shape index (κ1) is 11.2. The summed E-state index contributed by atoms with van der Waals surface area (Å²) < 4.78 is 2.17. The standard InChI is InChI=1S/C14H20N2/c1-11(2)9-15-10-12-4-5-13-6-7-16(3)14(13)8-12/h4-8,11,15H,9-10H2,1-3H3. The molecule has 16 heavy (non-hydrogen) atoms. The van der Waals surface area contributed by atoms with Gasteiger partial charge in [-0.25, -0.2) is 0 Å². The molecule has 0 atom stereocenters. The van der Waals surface area contributed by atoms with E-state index in [0.29, 0.717) is 5.92 Å². The van der Waals surface area contributed by atoms with E-state index in [4.69, 9.17) is 0 Å². The van der Waals surface area contributed by atoms with Gasteiger partial charge in [-0.2, -0.15) is 0 Å². The second-order valence-electron chi connectivity index (χ2n) is 4.84. The quantitative estimate of drug-likeness (QED) is 0.831. The van der Waals surface area contributed by atoms with Gasteiger partial charge in [0, 0.05) is 25.3 Å². The van der Waals surface area contributed by atoms with E-state index in [2.05, 4.69) is 61.2 Å². The lowest BCUT2D eigenvalue weighted by molar-refractivity contribution is 0.552. The maximum Gasteiger partial charge on any atom is 0.0480 e. The average molecular weight is 216 g/mol. The van der Waals surface area contributed by atoms with Crippen LogP contribution in [0, 0.1) is 5.92 Å². The molecule has 1 aromatic heterocycles. The normalized spacial score (nSPS) is 11.5. The van der Waals surface area contributed by atoms with Crippen LogP contribution in [0.3, 0.4) is 0 Å². The average Bonchev–Trinajstić information content (AvgIpc) is 2.60. The zero-order valence-corrected chi connectivity index (χ0v) is 10.3. The third kappa shape index (κ3) is 2.45.